The van der Waals surface area contributed by atoms with E-state index in [4.69, 9.17) is 29.1 Å². The highest BCUT2D eigenvalue weighted by Gasteiger charge is 2.20. The molecule has 96 valence electrons. The first-order valence-electron chi connectivity index (χ1n) is 5.16. The van der Waals surface area contributed by atoms with Gasteiger partial charge >= 0.3 is 7.32 Å². The van der Waals surface area contributed by atoms with Gasteiger partial charge in [-0.05, 0) is 6.92 Å². The first-order valence-corrected chi connectivity index (χ1v) is 5.16. The molecule has 0 atom stereocenters. The molecule has 0 aromatic carbocycles. The fraction of sp³-hybridized carbons (Fsp3) is 1.00. The molecule has 0 radical (unpaired) electrons. The van der Waals surface area contributed by atoms with E-state index in [1.807, 2.05) is 0 Å². The van der Waals surface area contributed by atoms with Gasteiger partial charge in [0.15, 0.2) is 0 Å². The van der Waals surface area contributed by atoms with Crippen molar-refractivity contribution in [3.05, 3.63) is 0 Å². The van der Waals surface area contributed by atoms with Crippen LogP contribution in [0.2, 0.25) is 0 Å². The zero-order valence-electron chi connectivity index (χ0n) is 9.46. The first kappa shape index (κ1) is 15.8. The van der Waals surface area contributed by atoms with Gasteiger partial charge in [0.25, 0.3) is 0 Å². The van der Waals surface area contributed by atoms with E-state index in [0.717, 1.165) is 0 Å². The zero-order chi connectivity index (χ0) is 12.1. The molecule has 0 aromatic heterocycles. The van der Waals surface area contributed by atoms with Crippen molar-refractivity contribution in [2.45, 2.75) is 6.92 Å². The number of rotatable bonds is 12. The predicted molar refractivity (Wildman–Crippen MR) is 55.4 cm³/mol. The maximum Gasteiger partial charge on any atom is 0.639 e. The number of aliphatic hydroxyl groups is 2. The van der Waals surface area contributed by atoms with E-state index >= 15 is 0 Å². The molecular weight excluding hydrogens is 219 g/mol. The maximum absolute atomic E-state index is 8.55. The summed E-state index contributed by atoms with van der Waals surface area (Å²) in [6.07, 6.45) is 0. The van der Waals surface area contributed by atoms with Gasteiger partial charge < -0.3 is 24.2 Å². The summed E-state index contributed by atoms with van der Waals surface area (Å²) >= 11 is 0. The normalized spacial score (nSPS) is 10.7. The molecule has 0 aliphatic carbocycles. The third-order valence-corrected chi connectivity index (χ3v) is 1.31. The average Bonchev–Trinajstić information content (AvgIpc) is 2.31. The lowest BCUT2D eigenvalue weighted by Gasteiger charge is -2.13. The summed E-state index contributed by atoms with van der Waals surface area (Å²) < 4.78 is 15.1. The highest BCUT2D eigenvalue weighted by atomic mass is 17.2. The zero-order valence-corrected chi connectivity index (χ0v) is 9.46. The van der Waals surface area contributed by atoms with Crippen LogP contribution in [0.1, 0.15) is 6.92 Å². The summed E-state index contributed by atoms with van der Waals surface area (Å²) in [6, 6.07) is 0. The van der Waals surface area contributed by atoms with Crippen molar-refractivity contribution >= 4 is 7.32 Å². The van der Waals surface area contributed by atoms with Crippen LogP contribution < -0.4 is 0 Å². The minimum atomic E-state index is -0.912. The summed E-state index contributed by atoms with van der Waals surface area (Å²) in [7, 11) is -0.912. The van der Waals surface area contributed by atoms with Crippen LogP contribution in [0, 0.1) is 0 Å². The largest absolute Gasteiger partial charge is 0.639 e. The highest BCUT2D eigenvalue weighted by Crippen LogP contribution is 1.93. The molecule has 0 aromatic rings. The van der Waals surface area contributed by atoms with Crippen LogP contribution in [0.15, 0.2) is 0 Å². The van der Waals surface area contributed by atoms with Gasteiger partial charge in [-0.3, -0.25) is 0 Å². The second-order valence-electron chi connectivity index (χ2n) is 2.58. The molecule has 8 heteroatoms. The summed E-state index contributed by atoms with van der Waals surface area (Å²) in [4.78, 5) is 9.34. The van der Waals surface area contributed by atoms with Gasteiger partial charge in [0.1, 0.15) is 6.61 Å². The Morgan fingerprint density at radius 3 is 1.88 bits per heavy atom. The Bertz CT molecular complexity index is 130. The Balaban J connectivity index is 3.48. The van der Waals surface area contributed by atoms with Crippen LogP contribution >= 0.6 is 0 Å². The van der Waals surface area contributed by atoms with Crippen LogP contribution in [0.5, 0.6) is 0 Å². The Kier molecular flexibility index (Phi) is 12.7. The molecule has 2 N–H and O–H groups in total. The van der Waals surface area contributed by atoms with Crippen molar-refractivity contribution in [3.63, 3.8) is 0 Å². The van der Waals surface area contributed by atoms with Gasteiger partial charge in [0.05, 0.1) is 39.6 Å². The van der Waals surface area contributed by atoms with Crippen molar-refractivity contribution in [3.8, 4) is 0 Å². The molecule has 0 bridgehead atoms. The number of hydrogen-bond donors (Lipinski definition) is 2. The molecule has 0 rings (SSSR count). The molecule has 0 aliphatic heterocycles. The van der Waals surface area contributed by atoms with Crippen molar-refractivity contribution in [1.29, 1.82) is 0 Å². The molecule has 0 saturated carbocycles. The highest BCUT2D eigenvalue weighted by molar-refractivity contribution is 6.36. The molecular formula is C8H19BO7. The van der Waals surface area contributed by atoms with E-state index in [9.17, 15) is 0 Å². The summed E-state index contributed by atoms with van der Waals surface area (Å²) in [5, 5.41) is 17.1. The first-order chi connectivity index (χ1) is 7.85. The van der Waals surface area contributed by atoms with Gasteiger partial charge in [-0.25, -0.2) is 9.78 Å². The second kappa shape index (κ2) is 12.9. The van der Waals surface area contributed by atoms with Crippen LogP contribution in [0.4, 0.5) is 0 Å². The monoisotopic (exact) mass is 238 g/mol. The van der Waals surface area contributed by atoms with Gasteiger partial charge in [0, 0.05) is 0 Å². The van der Waals surface area contributed by atoms with Crippen LogP contribution in [-0.2, 0) is 23.7 Å². The third-order valence-electron chi connectivity index (χ3n) is 1.31. The van der Waals surface area contributed by atoms with Crippen LogP contribution in [0.25, 0.3) is 0 Å². The van der Waals surface area contributed by atoms with Crippen molar-refractivity contribution in [2.24, 2.45) is 0 Å². The molecule has 0 spiro atoms. The molecule has 0 aliphatic rings. The molecule has 0 amide bonds. The van der Waals surface area contributed by atoms with Gasteiger partial charge in [-0.1, -0.05) is 0 Å². The lowest BCUT2D eigenvalue weighted by molar-refractivity contribution is -0.294. The predicted octanol–water partition coefficient (Wildman–Crippen LogP) is -1.03. The molecule has 0 unspecified atom stereocenters. The fourth-order valence-corrected chi connectivity index (χ4v) is 0.763. The summed E-state index contributed by atoms with van der Waals surface area (Å²) in [6.45, 7) is 2.68. The standard InChI is InChI=1S/C8H19BO7/c1-2-15-16-8-7-14-9(12-5-3-10)13-6-4-11/h10-11H,2-8H2,1H3. The van der Waals surface area contributed by atoms with E-state index < -0.39 is 7.32 Å². The van der Waals surface area contributed by atoms with E-state index in [2.05, 4.69) is 4.89 Å². The molecule has 7 nitrogen and oxygen atoms in total. The van der Waals surface area contributed by atoms with Gasteiger partial charge in [-0.15, -0.1) is 0 Å². The topological polar surface area (TPSA) is 86.6 Å². The number of aliphatic hydroxyl groups excluding tert-OH is 2. The molecule has 0 heterocycles. The number of hydrogen-bond acceptors (Lipinski definition) is 7. The Hall–Kier alpha value is -0.215. The minimum Gasteiger partial charge on any atom is -0.394 e. The Labute approximate surface area is 95.3 Å². The molecule has 0 saturated heterocycles. The SMILES string of the molecule is CCOOCCOB(OCCO)OCCO. The van der Waals surface area contributed by atoms with Crippen LogP contribution in [-0.4, -0.2) is 63.8 Å². The second-order valence-corrected chi connectivity index (χ2v) is 2.58. The van der Waals surface area contributed by atoms with E-state index in [-0.39, 0.29) is 39.6 Å². The smallest absolute Gasteiger partial charge is 0.394 e. The molecule has 0 fully saturated rings. The van der Waals surface area contributed by atoms with Gasteiger partial charge in [-0.2, -0.15) is 0 Å². The maximum atomic E-state index is 8.55. The van der Waals surface area contributed by atoms with Gasteiger partial charge in [0.2, 0.25) is 0 Å². The summed E-state index contributed by atoms with van der Waals surface area (Å²) in [5.74, 6) is 0. The summed E-state index contributed by atoms with van der Waals surface area (Å²) in [5.41, 5.74) is 0. The van der Waals surface area contributed by atoms with E-state index in [0.29, 0.717) is 6.61 Å². The minimum absolute atomic E-state index is 0.0996. The van der Waals surface area contributed by atoms with Crippen molar-refractivity contribution in [1.82, 2.24) is 0 Å². The van der Waals surface area contributed by atoms with E-state index in [1.165, 1.54) is 0 Å². The van der Waals surface area contributed by atoms with Crippen LogP contribution in [0.3, 0.4) is 0 Å². The lowest BCUT2D eigenvalue weighted by atomic mass is 10.2. The Morgan fingerprint density at radius 2 is 1.38 bits per heavy atom. The van der Waals surface area contributed by atoms with Crippen molar-refractivity contribution < 1.29 is 34.0 Å². The fourth-order valence-electron chi connectivity index (χ4n) is 0.763. The average molecular weight is 238 g/mol. The quantitative estimate of drug-likeness (QED) is 0.194. The Morgan fingerprint density at radius 1 is 0.812 bits per heavy atom. The van der Waals surface area contributed by atoms with E-state index in [1.54, 1.807) is 6.92 Å². The lowest BCUT2D eigenvalue weighted by Crippen LogP contribution is -2.31. The molecule has 16 heavy (non-hydrogen) atoms. The third kappa shape index (κ3) is 10.3. The van der Waals surface area contributed by atoms with Crippen molar-refractivity contribution in [2.75, 3.05) is 46.2 Å².